The molecule has 0 saturated carbocycles. The summed E-state index contributed by atoms with van der Waals surface area (Å²) >= 11 is 0. The summed E-state index contributed by atoms with van der Waals surface area (Å²) in [6, 6.07) is 13.7. The SMILES string of the molecule is Nc1nc2ccccc2n1-c1ccc2c(c1)OCCCO2. The molecule has 2 N–H and O–H groups in total. The second kappa shape index (κ2) is 4.70. The minimum absolute atomic E-state index is 0.464. The summed E-state index contributed by atoms with van der Waals surface area (Å²) in [6.45, 7) is 1.35. The number of nitrogens with two attached hydrogens (primary N) is 1. The van der Waals surface area contributed by atoms with Gasteiger partial charge in [0.25, 0.3) is 0 Å². The number of fused-ring (bicyclic) bond motifs is 2. The molecule has 3 aromatic rings. The molecule has 0 atom stereocenters. The topological polar surface area (TPSA) is 62.3 Å². The molecule has 2 aromatic carbocycles. The molecule has 4 rings (SSSR count). The van der Waals surface area contributed by atoms with Gasteiger partial charge in [-0.05, 0) is 24.3 Å². The molecule has 2 heterocycles. The Morgan fingerprint density at radius 3 is 2.71 bits per heavy atom. The highest BCUT2D eigenvalue weighted by molar-refractivity contribution is 5.81. The summed E-state index contributed by atoms with van der Waals surface area (Å²) in [5, 5.41) is 0. The highest BCUT2D eigenvalue weighted by Gasteiger charge is 2.14. The van der Waals surface area contributed by atoms with Crippen molar-refractivity contribution >= 4 is 17.0 Å². The van der Waals surface area contributed by atoms with Gasteiger partial charge in [0.15, 0.2) is 11.5 Å². The molecule has 0 aliphatic carbocycles. The number of benzene rings is 2. The van der Waals surface area contributed by atoms with Gasteiger partial charge in [-0.25, -0.2) is 4.98 Å². The average molecular weight is 281 g/mol. The highest BCUT2D eigenvalue weighted by Crippen LogP contribution is 2.33. The van der Waals surface area contributed by atoms with E-state index in [0.717, 1.165) is 34.6 Å². The number of ether oxygens (including phenoxy) is 2. The minimum atomic E-state index is 0.464. The Balaban J connectivity index is 1.89. The molecule has 0 bridgehead atoms. The lowest BCUT2D eigenvalue weighted by molar-refractivity contribution is 0.297. The molecule has 5 heteroatoms. The first kappa shape index (κ1) is 12.1. The second-order valence-electron chi connectivity index (χ2n) is 4.98. The van der Waals surface area contributed by atoms with Crippen molar-refractivity contribution in [1.82, 2.24) is 9.55 Å². The van der Waals surface area contributed by atoms with E-state index < -0.39 is 0 Å². The Hall–Kier alpha value is -2.69. The largest absolute Gasteiger partial charge is 0.490 e. The van der Waals surface area contributed by atoms with Crippen LogP contribution in [-0.2, 0) is 0 Å². The van der Waals surface area contributed by atoms with Gasteiger partial charge in [-0.1, -0.05) is 12.1 Å². The predicted octanol–water partition coefficient (Wildman–Crippen LogP) is 2.77. The number of hydrogen-bond acceptors (Lipinski definition) is 4. The summed E-state index contributed by atoms with van der Waals surface area (Å²) in [5.74, 6) is 1.99. The number of rotatable bonds is 1. The lowest BCUT2D eigenvalue weighted by Crippen LogP contribution is -2.01. The second-order valence-corrected chi connectivity index (χ2v) is 4.98. The fourth-order valence-electron chi connectivity index (χ4n) is 2.61. The van der Waals surface area contributed by atoms with Gasteiger partial charge in [0.1, 0.15) is 0 Å². The smallest absolute Gasteiger partial charge is 0.205 e. The monoisotopic (exact) mass is 281 g/mol. The first-order valence-corrected chi connectivity index (χ1v) is 6.96. The molecule has 0 radical (unpaired) electrons. The Labute approximate surface area is 121 Å². The number of para-hydroxylation sites is 2. The Morgan fingerprint density at radius 2 is 1.81 bits per heavy atom. The standard InChI is InChI=1S/C16H15N3O2/c17-16-18-12-4-1-2-5-13(12)19(16)11-6-7-14-15(10-11)21-9-3-8-20-14/h1-2,4-7,10H,3,8-9H2,(H2,17,18). The van der Waals surface area contributed by atoms with Crippen LogP contribution in [0, 0.1) is 0 Å². The van der Waals surface area contributed by atoms with Gasteiger partial charge in [-0.15, -0.1) is 0 Å². The first-order valence-electron chi connectivity index (χ1n) is 6.96. The zero-order valence-electron chi connectivity index (χ0n) is 11.5. The summed E-state index contributed by atoms with van der Waals surface area (Å²) in [6.07, 6.45) is 0.889. The van der Waals surface area contributed by atoms with Gasteiger partial charge in [-0.2, -0.15) is 0 Å². The molecule has 0 fully saturated rings. The minimum Gasteiger partial charge on any atom is -0.490 e. The van der Waals surface area contributed by atoms with E-state index in [1.807, 2.05) is 47.0 Å². The quantitative estimate of drug-likeness (QED) is 0.745. The molecular weight excluding hydrogens is 266 g/mol. The zero-order valence-corrected chi connectivity index (χ0v) is 11.5. The Kier molecular flexibility index (Phi) is 2.70. The van der Waals surface area contributed by atoms with Crippen LogP contribution in [0.5, 0.6) is 11.5 Å². The molecule has 1 aromatic heterocycles. The molecule has 1 aliphatic heterocycles. The van der Waals surface area contributed by atoms with E-state index in [-0.39, 0.29) is 0 Å². The van der Waals surface area contributed by atoms with E-state index in [0.29, 0.717) is 19.2 Å². The fraction of sp³-hybridized carbons (Fsp3) is 0.188. The van der Waals surface area contributed by atoms with Crippen molar-refractivity contribution in [2.45, 2.75) is 6.42 Å². The van der Waals surface area contributed by atoms with Crippen LogP contribution >= 0.6 is 0 Å². The van der Waals surface area contributed by atoms with Crippen LogP contribution in [0.2, 0.25) is 0 Å². The molecule has 106 valence electrons. The van der Waals surface area contributed by atoms with Crippen molar-refractivity contribution in [2.24, 2.45) is 0 Å². The van der Waals surface area contributed by atoms with Crippen LogP contribution < -0.4 is 15.2 Å². The molecular formula is C16H15N3O2. The normalized spacial score (nSPS) is 14.1. The molecule has 0 saturated heterocycles. The maximum absolute atomic E-state index is 6.07. The van der Waals surface area contributed by atoms with Crippen molar-refractivity contribution in [3.63, 3.8) is 0 Å². The van der Waals surface area contributed by atoms with Crippen LogP contribution in [0.25, 0.3) is 16.7 Å². The van der Waals surface area contributed by atoms with Crippen molar-refractivity contribution in [1.29, 1.82) is 0 Å². The van der Waals surface area contributed by atoms with Crippen LogP contribution in [0.15, 0.2) is 42.5 Å². The van der Waals surface area contributed by atoms with Crippen LogP contribution in [-0.4, -0.2) is 22.8 Å². The number of aromatic nitrogens is 2. The molecule has 5 nitrogen and oxygen atoms in total. The van der Waals surface area contributed by atoms with E-state index in [9.17, 15) is 0 Å². The molecule has 0 unspecified atom stereocenters. The first-order chi connectivity index (χ1) is 10.3. The zero-order chi connectivity index (χ0) is 14.2. The molecule has 1 aliphatic rings. The van der Waals surface area contributed by atoms with Crippen LogP contribution in [0.4, 0.5) is 5.95 Å². The number of anilines is 1. The van der Waals surface area contributed by atoms with Gasteiger partial charge in [0, 0.05) is 12.5 Å². The lowest BCUT2D eigenvalue weighted by atomic mass is 10.2. The lowest BCUT2D eigenvalue weighted by Gasteiger charge is -2.11. The van der Waals surface area contributed by atoms with Crippen LogP contribution in [0.3, 0.4) is 0 Å². The molecule has 21 heavy (non-hydrogen) atoms. The van der Waals surface area contributed by atoms with E-state index in [1.54, 1.807) is 0 Å². The van der Waals surface area contributed by atoms with E-state index in [2.05, 4.69) is 4.98 Å². The average Bonchev–Trinajstić information content (AvgIpc) is 2.68. The summed E-state index contributed by atoms with van der Waals surface area (Å²) in [7, 11) is 0. The summed E-state index contributed by atoms with van der Waals surface area (Å²) in [4.78, 5) is 4.39. The van der Waals surface area contributed by atoms with Gasteiger partial charge < -0.3 is 15.2 Å². The Bertz CT molecular complexity index is 810. The third-order valence-electron chi connectivity index (χ3n) is 3.58. The van der Waals surface area contributed by atoms with Crippen molar-refractivity contribution < 1.29 is 9.47 Å². The summed E-state index contributed by atoms with van der Waals surface area (Å²) in [5.41, 5.74) is 8.85. The van der Waals surface area contributed by atoms with Crippen molar-refractivity contribution in [2.75, 3.05) is 18.9 Å². The van der Waals surface area contributed by atoms with E-state index in [1.165, 1.54) is 0 Å². The van der Waals surface area contributed by atoms with Gasteiger partial charge in [0.2, 0.25) is 5.95 Å². The maximum atomic E-state index is 6.07. The van der Waals surface area contributed by atoms with Gasteiger partial charge in [0.05, 0.1) is 29.9 Å². The Morgan fingerprint density at radius 1 is 1.00 bits per heavy atom. The van der Waals surface area contributed by atoms with Crippen molar-refractivity contribution in [3.05, 3.63) is 42.5 Å². The number of nitrogens with zero attached hydrogens (tertiary/aromatic N) is 2. The van der Waals surface area contributed by atoms with Crippen LogP contribution in [0.1, 0.15) is 6.42 Å². The molecule has 0 amide bonds. The maximum Gasteiger partial charge on any atom is 0.205 e. The fourth-order valence-corrected chi connectivity index (χ4v) is 2.61. The number of imidazole rings is 1. The highest BCUT2D eigenvalue weighted by atomic mass is 16.5. The number of hydrogen-bond donors (Lipinski definition) is 1. The van der Waals surface area contributed by atoms with Gasteiger partial charge >= 0.3 is 0 Å². The van der Waals surface area contributed by atoms with Crippen molar-refractivity contribution in [3.8, 4) is 17.2 Å². The van der Waals surface area contributed by atoms with Gasteiger partial charge in [-0.3, -0.25) is 4.57 Å². The number of nitrogen functional groups attached to an aromatic ring is 1. The predicted molar refractivity (Wildman–Crippen MR) is 81.1 cm³/mol. The summed E-state index contributed by atoms with van der Waals surface area (Å²) < 4.78 is 13.3. The molecule has 0 spiro atoms. The van der Waals surface area contributed by atoms with E-state index in [4.69, 9.17) is 15.2 Å². The third-order valence-corrected chi connectivity index (χ3v) is 3.58. The van der Waals surface area contributed by atoms with E-state index >= 15 is 0 Å². The third kappa shape index (κ3) is 1.98.